The maximum absolute atomic E-state index is 12.1. The predicted molar refractivity (Wildman–Crippen MR) is 121 cm³/mol. The topological polar surface area (TPSA) is 66.0 Å². The molecule has 0 unspecified atom stereocenters. The van der Waals surface area contributed by atoms with Crippen LogP contribution in [0.2, 0.25) is 0 Å². The van der Waals surface area contributed by atoms with Crippen molar-refractivity contribution in [3.63, 3.8) is 0 Å². The van der Waals surface area contributed by atoms with E-state index in [0.717, 1.165) is 49.7 Å². The highest BCUT2D eigenvalue weighted by atomic mass is 16.5. The minimum absolute atomic E-state index is 0.0217. The fourth-order valence-electron chi connectivity index (χ4n) is 3.45. The molecule has 2 N–H and O–H groups in total. The fraction of sp³-hybridized carbons (Fsp3) is 0.417. The standard InChI is InChI=1S/C24H32N4O2/c1-2-25-24(26-16-13-23(29)27-19-20-9-5-3-6-10-20)28-17-14-22(15-18-28)30-21-11-7-4-8-12-21/h3-12,22H,2,13-19H2,1H3,(H,25,26)(H,27,29). The Kier molecular flexibility index (Phi) is 8.57. The van der Waals surface area contributed by atoms with Crippen LogP contribution in [0.3, 0.4) is 0 Å². The van der Waals surface area contributed by atoms with E-state index in [4.69, 9.17) is 4.74 Å². The Balaban J connectivity index is 1.42. The number of carbonyl (C=O) groups is 1. The number of nitrogens with zero attached hydrogens (tertiary/aromatic N) is 2. The van der Waals surface area contributed by atoms with Crippen LogP contribution in [0.25, 0.3) is 0 Å². The first kappa shape index (κ1) is 21.7. The fourth-order valence-corrected chi connectivity index (χ4v) is 3.45. The molecule has 6 heteroatoms. The Labute approximate surface area is 179 Å². The summed E-state index contributed by atoms with van der Waals surface area (Å²) in [7, 11) is 0. The maximum Gasteiger partial charge on any atom is 0.222 e. The molecule has 1 fully saturated rings. The van der Waals surface area contributed by atoms with E-state index >= 15 is 0 Å². The third-order valence-electron chi connectivity index (χ3n) is 5.06. The summed E-state index contributed by atoms with van der Waals surface area (Å²) in [5.74, 6) is 1.83. The van der Waals surface area contributed by atoms with Crippen molar-refractivity contribution in [2.24, 2.45) is 4.99 Å². The monoisotopic (exact) mass is 408 g/mol. The average molecular weight is 409 g/mol. The molecule has 3 rings (SSSR count). The van der Waals surface area contributed by atoms with Crippen molar-refractivity contribution in [2.75, 3.05) is 26.2 Å². The van der Waals surface area contributed by atoms with Crippen molar-refractivity contribution in [3.8, 4) is 5.75 Å². The summed E-state index contributed by atoms with van der Waals surface area (Å²) in [6.07, 6.45) is 2.53. The number of nitrogens with one attached hydrogen (secondary N) is 2. The Hall–Kier alpha value is -3.02. The van der Waals surface area contributed by atoms with Crippen molar-refractivity contribution < 1.29 is 9.53 Å². The molecule has 1 amide bonds. The van der Waals surface area contributed by atoms with E-state index in [1.54, 1.807) is 0 Å². The molecule has 160 valence electrons. The van der Waals surface area contributed by atoms with Gasteiger partial charge in [0.25, 0.3) is 0 Å². The van der Waals surface area contributed by atoms with Gasteiger partial charge in [-0.05, 0) is 24.6 Å². The number of rotatable bonds is 8. The number of carbonyl (C=O) groups excluding carboxylic acids is 1. The van der Waals surface area contributed by atoms with E-state index in [1.165, 1.54) is 0 Å². The van der Waals surface area contributed by atoms with Crippen LogP contribution in [0.15, 0.2) is 65.7 Å². The molecular weight excluding hydrogens is 376 g/mol. The van der Waals surface area contributed by atoms with Gasteiger partial charge in [-0.2, -0.15) is 0 Å². The maximum atomic E-state index is 12.1. The number of amides is 1. The summed E-state index contributed by atoms with van der Waals surface area (Å²) in [6.45, 7) is 5.68. The number of guanidine groups is 1. The van der Waals surface area contributed by atoms with Crippen LogP contribution in [-0.4, -0.2) is 49.0 Å². The molecular formula is C24H32N4O2. The Bertz CT molecular complexity index is 787. The number of hydrogen-bond donors (Lipinski definition) is 2. The highest BCUT2D eigenvalue weighted by Crippen LogP contribution is 2.18. The number of benzene rings is 2. The van der Waals surface area contributed by atoms with Gasteiger partial charge in [0.2, 0.25) is 5.91 Å². The van der Waals surface area contributed by atoms with E-state index in [9.17, 15) is 4.79 Å². The zero-order valence-electron chi connectivity index (χ0n) is 17.7. The molecule has 1 aliphatic heterocycles. The number of piperidine rings is 1. The summed E-state index contributed by atoms with van der Waals surface area (Å²) in [5.41, 5.74) is 1.10. The lowest BCUT2D eigenvalue weighted by Gasteiger charge is -2.34. The number of likely N-dealkylation sites (tertiary alicyclic amines) is 1. The molecule has 0 atom stereocenters. The summed E-state index contributed by atoms with van der Waals surface area (Å²) in [6, 6.07) is 19.9. The predicted octanol–water partition coefficient (Wildman–Crippen LogP) is 3.20. The third kappa shape index (κ3) is 7.10. The van der Waals surface area contributed by atoms with Gasteiger partial charge in [0.1, 0.15) is 11.9 Å². The van der Waals surface area contributed by atoms with Gasteiger partial charge in [0, 0.05) is 45.4 Å². The smallest absolute Gasteiger partial charge is 0.222 e. The molecule has 1 aliphatic rings. The summed E-state index contributed by atoms with van der Waals surface area (Å²) in [4.78, 5) is 19.0. The van der Waals surface area contributed by atoms with Crippen LogP contribution in [0, 0.1) is 0 Å². The first-order chi connectivity index (χ1) is 14.7. The molecule has 2 aromatic rings. The van der Waals surface area contributed by atoms with Crippen LogP contribution in [0.1, 0.15) is 31.7 Å². The molecule has 0 aromatic heterocycles. The minimum atomic E-state index is 0.0217. The SMILES string of the molecule is CCNC(=NCCC(=O)NCc1ccccc1)N1CCC(Oc2ccccc2)CC1. The van der Waals surface area contributed by atoms with Crippen LogP contribution >= 0.6 is 0 Å². The number of ether oxygens (including phenoxy) is 1. The second-order valence-electron chi connectivity index (χ2n) is 7.37. The van der Waals surface area contributed by atoms with E-state index in [0.29, 0.717) is 19.5 Å². The van der Waals surface area contributed by atoms with E-state index in [2.05, 4.69) is 27.4 Å². The van der Waals surface area contributed by atoms with E-state index in [-0.39, 0.29) is 12.0 Å². The lowest BCUT2D eigenvalue weighted by Crippen LogP contribution is -2.47. The second kappa shape index (κ2) is 11.9. The summed E-state index contributed by atoms with van der Waals surface area (Å²) < 4.78 is 6.08. The molecule has 6 nitrogen and oxygen atoms in total. The highest BCUT2D eigenvalue weighted by Gasteiger charge is 2.22. The first-order valence-electron chi connectivity index (χ1n) is 10.8. The molecule has 1 heterocycles. The van der Waals surface area contributed by atoms with Gasteiger partial charge in [-0.15, -0.1) is 0 Å². The second-order valence-corrected chi connectivity index (χ2v) is 7.37. The lowest BCUT2D eigenvalue weighted by atomic mass is 10.1. The zero-order chi connectivity index (χ0) is 21.0. The number of aliphatic imine (C=N–C) groups is 1. The van der Waals surface area contributed by atoms with Crippen LogP contribution in [0.5, 0.6) is 5.75 Å². The normalized spacial score (nSPS) is 15.0. The first-order valence-corrected chi connectivity index (χ1v) is 10.8. The molecule has 0 spiro atoms. The van der Waals surface area contributed by atoms with E-state index < -0.39 is 0 Å². The third-order valence-corrected chi connectivity index (χ3v) is 5.06. The largest absolute Gasteiger partial charge is 0.490 e. The van der Waals surface area contributed by atoms with Gasteiger partial charge >= 0.3 is 0 Å². The van der Waals surface area contributed by atoms with E-state index in [1.807, 2.05) is 60.7 Å². The van der Waals surface area contributed by atoms with Gasteiger partial charge in [0.15, 0.2) is 5.96 Å². The highest BCUT2D eigenvalue weighted by molar-refractivity contribution is 5.81. The molecule has 2 aromatic carbocycles. The Morgan fingerprint density at radius 2 is 1.70 bits per heavy atom. The summed E-state index contributed by atoms with van der Waals surface area (Å²) >= 11 is 0. The van der Waals surface area contributed by atoms with Gasteiger partial charge in [-0.1, -0.05) is 48.5 Å². The van der Waals surface area contributed by atoms with Crippen molar-refractivity contribution in [1.29, 1.82) is 0 Å². The van der Waals surface area contributed by atoms with Gasteiger partial charge in [-0.3, -0.25) is 9.79 Å². The summed E-state index contributed by atoms with van der Waals surface area (Å²) in [5, 5.41) is 6.31. The van der Waals surface area contributed by atoms with Crippen molar-refractivity contribution in [3.05, 3.63) is 66.2 Å². The van der Waals surface area contributed by atoms with Crippen molar-refractivity contribution in [1.82, 2.24) is 15.5 Å². The van der Waals surface area contributed by atoms with Gasteiger partial charge in [-0.25, -0.2) is 0 Å². The van der Waals surface area contributed by atoms with Crippen LogP contribution < -0.4 is 15.4 Å². The van der Waals surface area contributed by atoms with Crippen LogP contribution in [0.4, 0.5) is 0 Å². The van der Waals surface area contributed by atoms with Gasteiger partial charge < -0.3 is 20.3 Å². The molecule has 0 saturated carbocycles. The molecule has 0 radical (unpaired) electrons. The Morgan fingerprint density at radius 1 is 1.03 bits per heavy atom. The molecule has 0 bridgehead atoms. The Morgan fingerprint density at radius 3 is 2.37 bits per heavy atom. The quantitative estimate of drug-likeness (QED) is 0.520. The van der Waals surface area contributed by atoms with Crippen molar-refractivity contribution >= 4 is 11.9 Å². The van der Waals surface area contributed by atoms with Crippen molar-refractivity contribution in [2.45, 2.75) is 38.8 Å². The zero-order valence-corrected chi connectivity index (χ0v) is 17.7. The molecule has 30 heavy (non-hydrogen) atoms. The average Bonchev–Trinajstić information content (AvgIpc) is 2.79. The van der Waals surface area contributed by atoms with Gasteiger partial charge in [0.05, 0.1) is 6.54 Å². The number of para-hydroxylation sites is 1. The lowest BCUT2D eigenvalue weighted by molar-refractivity contribution is -0.121. The van der Waals surface area contributed by atoms with Crippen LogP contribution in [-0.2, 0) is 11.3 Å². The molecule has 0 aliphatic carbocycles. The molecule has 1 saturated heterocycles. The number of hydrogen-bond acceptors (Lipinski definition) is 3. The minimum Gasteiger partial charge on any atom is -0.490 e.